The van der Waals surface area contributed by atoms with Crippen molar-refractivity contribution >= 4 is 6.21 Å². The van der Waals surface area contributed by atoms with E-state index in [9.17, 15) is 0 Å². The molecule has 1 heteroatoms. The van der Waals surface area contributed by atoms with Crippen LogP contribution in [0.3, 0.4) is 0 Å². The zero-order valence-corrected chi connectivity index (χ0v) is 8.31. The molecule has 0 aliphatic carbocycles. The van der Waals surface area contributed by atoms with Crippen LogP contribution < -0.4 is 0 Å². The van der Waals surface area contributed by atoms with Crippen LogP contribution in [-0.2, 0) is 0 Å². The van der Waals surface area contributed by atoms with Gasteiger partial charge < -0.3 is 0 Å². The van der Waals surface area contributed by atoms with E-state index in [1.807, 2.05) is 13.1 Å². The molecule has 0 unspecified atom stereocenters. The molecule has 64 valence electrons. The Hall–Kier alpha value is -0.590. The van der Waals surface area contributed by atoms with Gasteiger partial charge in [-0.15, -0.1) is 0 Å². The molecular weight excluding hydrogens is 134 g/mol. The quantitative estimate of drug-likeness (QED) is 0.539. The Kier molecular flexibility index (Phi) is 4.09. The van der Waals surface area contributed by atoms with Crippen LogP contribution in [0.15, 0.2) is 16.8 Å². The van der Waals surface area contributed by atoms with Crippen LogP contribution in [0.4, 0.5) is 0 Å². The number of hydrogen-bond donors (Lipinski definition) is 0. The van der Waals surface area contributed by atoms with E-state index >= 15 is 0 Å². The number of allylic oxidation sites excluding steroid dienone is 2. The minimum absolute atomic E-state index is 0.181. The van der Waals surface area contributed by atoms with Crippen molar-refractivity contribution in [3.05, 3.63) is 11.8 Å². The van der Waals surface area contributed by atoms with Crippen molar-refractivity contribution in [3.8, 4) is 0 Å². The van der Waals surface area contributed by atoms with Gasteiger partial charge >= 0.3 is 0 Å². The standard InChI is InChI=1S/C10H19N/c1-6-8-11-9(7-2)10(3,4)5/h7-8H,6H2,1-5H3/b9-7-,11-8-. The molecule has 0 aromatic heterocycles. The summed E-state index contributed by atoms with van der Waals surface area (Å²) in [6, 6.07) is 0. The summed E-state index contributed by atoms with van der Waals surface area (Å²) in [6.45, 7) is 10.7. The molecule has 0 aromatic carbocycles. The molecule has 0 aromatic rings. The van der Waals surface area contributed by atoms with Crippen molar-refractivity contribution in [1.29, 1.82) is 0 Å². The Labute approximate surface area is 70.2 Å². The molecule has 0 rings (SSSR count). The second-order valence-electron chi connectivity index (χ2n) is 3.64. The summed E-state index contributed by atoms with van der Waals surface area (Å²) in [4.78, 5) is 4.37. The molecular formula is C10H19N. The third kappa shape index (κ3) is 3.97. The second-order valence-corrected chi connectivity index (χ2v) is 3.64. The van der Waals surface area contributed by atoms with Crippen molar-refractivity contribution in [2.75, 3.05) is 0 Å². The summed E-state index contributed by atoms with van der Waals surface area (Å²) in [6.07, 6.45) is 5.04. The fraction of sp³-hybridized carbons (Fsp3) is 0.700. The van der Waals surface area contributed by atoms with E-state index < -0.39 is 0 Å². The van der Waals surface area contributed by atoms with Gasteiger partial charge in [0.25, 0.3) is 0 Å². The third-order valence-corrected chi connectivity index (χ3v) is 1.45. The zero-order chi connectivity index (χ0) is 8.91. The number of aliphatic imine (C=N–C) groups is 1. The van der Waals surface area contributed by atoms with Gasteiger partial charge in [-0.25, -0.2) is 0 Å². The highest BCUT2D eigenvalue weighted by Gasteiger charge is 2.14. The van der Waals surface area contributed by atoms with Gasteiger partial charge in [0.2, 0.25) is 0 Å². The van der Waals surface area contributed by atoms with Crippen LogP contribution in [-0.4, -0.2) is 6.21 Å². The van der Waals surface area contributed by atoms with Crippen molar-refractivity contribution in [2.45, 2.75) is 41.0 Å². The molecule has 0 atom stereocenters. The molecule has 0 amide bonds. The van der Waals surface area contributed by atoms with Crippen LogP contribution in [0.25, 0.3) is 0 Å². The van der Waals surface area contributed by atoms with Gasteiger partial charge in [0.05, 0.1) is 0 Å². The Morgan fingerprint density at radius 3 is 2.18 bits per heavy atom. The maximum absolute atomic E-state index is 4.37. The molecule has 0 saturated carbocycles. The first-order valence-corrected chi connectivity index (χ1v) is 4.21. The van der Waals surface area contributed by atoms with Crippen LogP contribution in [0, 0.1) is 5.41 Å². The molecule has 11 heavy (non-hydrogen) atoms. The molecule has 1 nitrogen and oxygen atoms in total. The Bertz CT molecular complexity index is 158. The van der Waals surface area contributed by atoms with E-state index in [1.165, 1.54) is 5.70 Å². The van der Waals surface area contributed by atoms with Gasteiger partial charge in [0, 0.05) is 17.3 Å². The maximum Gasteiger partial charge on any atom is 0.0410 e. The predicted octanol–water partition coefficient (Wildman–Crippen LogP) is 3.42. The van der Waals surface area contributed by atoms with E-state index in [0.717, 1.165) is 6.42 Å². The molecule has 0 aliphatic rings. The van der Waals surface area contributed by atoms with Crippen molar-refractivity contribution in [1.82, 2.24) is 0 Å². The summed E-state index contributed by atoms with van der Waals surface area (Å²) in [5, 5.41) is 0. The molecule has 0 saturated heterocycles. The monoisotopic (exact) mass is 153 g/mol. The normalized spacial score (nSPS) is 14.5. The van der Waals surface area contributed by atoms with Crippen LogP contribution in [0.2, 0.25) is 0 Å². The lowest BCUT2D eigenvalue weighted by Crippen LogP contribution is -2.07. The largest absolute Gasteiger partial charge is 0.265 e. The first-order valence-electron chi connectivity index (χ1n) is 4.21. The lowest BCUT2D eigenvalue weighted by atomic mass is 9.92. The second kappa shape index (κ2) is 4.32. The number of nitrogens with zero attached hydrogens (tertiary/aromatic N) is 1. The molecule has 0 heterocycles. The van der Waals surface area contributed by atoms with E-state index in [2.05, 4.69) is 38.8 Å². The highest BCUT2D eigenvalue weighted by molar-refractivity contribution is 5.58. The topological polar surface area (TPSA) is 12.4 Å². The molecule has 0 fully saturated rings. The van der Waals surface area contributed by atoms with Gasteiger partial charge in [-0.2, -0.15) is 0 Å². The summed E-state index contributed by atoms with van der Waals surface area (Å²) in [7, 11) is 0. The van der Waals surface area contributed by atoms with Crippen LogP contribution in [0.5, 0.6) is 0 Å². The first-order chi connectivity index (χ1) is 5.02. The summed E-state index contributed by atoms with van der Waals surface area (Å²) < 4.78 is 0. The average molecular weight is 153 g/mol. The van der Waals surface area contributed by atoms with Gasteiger partial charge in [-0.1, -0.05) is 33.8 Å². The Morgan fingerprint density at radius 2 is 1.91 bits per heavy atom. The zero-order valence-electron chi connectivity index (χ0n) is 8.31. The van der Waals surface area contributed by atoms with E-state index in [-0.39, 0.29) is 5.41 Å². The minimum atomic E-state index is 0.181. The Morgan fingerprint density at radius 1 is 1.36 bits per heavy atom. The number of hydrogen-bond acceptors (Lipinski definition) is 1. The van der Waals surface area contributed by atoms with Gasteiger partial charge in [-0.3, -0.25) is 4.99 Å². The van der Waals surface area contributed by atoms with Gasteiger partial charge in [-0.05, 0) is 13.3 Å². The molecule has 0 aliphatic heterocycles. The first kappa shape index (κ1) is 10.4. The lowest BCUT2D eigenvalue weighted by molar-refractivity contribution is 0.498. The molecule has 0 radical (unpaired) electrons. The van der Waals surface area contributed by atoms with E-state index in [0.29, 0.717) is 0 Å². The van der Waals surface area contributed by atoms with E-state index in [1.54, 1.807) is 0 Å². The van der Waals surface area contributed by atoms with Crippen LogP contribution >= 0.6 is 0 Å². The van der Waals surface area contributed by atoms with Gasteiger partial charge in [0.1, 0.15) is 0 Å². The van der Waals surface area contributed by atoms with Crippen molar-refractivity contribution in [2.24, 2.45) is 10.4 Å². The van der Waals surface area contributed by atoms with Crippen LogP contribution in [0.1, 0.15) is 41.0 Å². The van der Waals surface area contributed by atoms with Crippen molar-refractivity contribution in [3.63, 3.8) is 0 Å². The highest BCUT2D eigenvalue weighted by atomic mass is 14.7. The number of rotatable bonds is 2. The smallest absolute Gasteiger partial charge is 0.0410 e. The highest BCUT2D eigenvalue weighted by Crippen LogP contribution is 2.25. The third-order valence-electron chi connectivity index (χ3n) is 1.45. The Balaban J connectivity index is 4.33. The summed E-state index contributed by atoms with van der Waals surface area (Å²) in [5.41, 5.74) is 1.35. The summed E-state index contributed by atoms with van der Waals surface area (Å²) >= 11 is 0. The minimum Gasteiger partial charge on any atom is -0.265 e. The fourth-order valence-electron chi connectivity index (χ4n) is 0.891. The maximum atomic E-state index is 4.37. The van der Waals surface area contributed by atoms with E-state index in [4.69, 9.17) is 0 Å². The predicted molar refractivity (Wildman–Crippen MR) is 52.0 cm³/mol. The average Bonchev–Trinajstić information content (AvgIpc) is 1.87. The molecule has 0 bridgehead atoms. The lowest BCUT2D eigenvalue weighted by Gasteiger charge is -2.18. The molecule has 0 spiro atoms. The fourth-order valence-corrected chi connectivity index (χ4v) is 0.891. The van der Waals surface area contributed by atoms with Crippen molar-refractivity contribution < 1.29 is 0 Å². The van der Waals surface area contributed by atoms with Gasteiger partial charge in [0.15, 0.2) is 0 Å². The molecule has 0 N–H and O–H groups in total. The SMILES string of the molecule is C/C=C(\N=C/CC)C(C)(C)C. The summed E-state index contributed by atoms with van der Waals surface area (Å²) in [5.74, 6) is 0.